The largest absolute Gasteiger partial charge is 0.336 e. The lowest BCUT2D eigenvalue weighted by molar-refractivity contribution is 0.0697. The molecule has 6 nitrogen and oxygen atoms in total. The lowest BCUT2D eigenvalue weighted by atomic mass is 10.2. The normalized spacial score (nSPS) is 16.2. The summed E-state index contributed by atoms with van der Waals surface area (Å²) in [5, 5.41) is 0.349. The molecule has 2 aromatic rings. The molecule has 0 bridgehead atoms. The van der Waals surface area contributed by atoms with E-state index in [1.807, 2.05) is 6.92 Å². The first-order chi connectivity index (χ1) is 11.8. The van der Waals surface area contributed by atoms with Gasteiger partial charge in [0.25, 0.3) is 15.9 Å². The number of sulfonamides is 1. The summed E-state index contributed by atoms with van der Waals surface area (Å²) in [7, 11) is -3.50. The third kappa shape index (κ3) is 3.83. The lowest BCUT2D eigenvalue weighted by Gasteiger charge is -2.33. The number of nitrogens with zero attached hydrogens (tertiary/aromatic N) is 3. The van der Waals surface area contributed by atoms with E-state index in [4.69, 9.17) is 23.2 Å². The van der Waals surface area contributed by atoms with E-state index in [0.29, 0.717) is 22.9 Å². The first kappa shape index (κ1) is 18.6. The Kier molecular flexibility index (Phi) is 5.36. The minimum absolute atomic E-state index is 0.139. The number of aryl methyl sites for hydroxylation is 1. The third-order valence-corrected chi connectivity index (χ3v) is 7.93. The van der Waals surface area contributed by atoms with Crippen molar-refractivity contribution in [1.29, 1.82) is 0 Å². The smallest absolute Gasteiger partial charge is 0.255 e. The average molecular weight is 420 g/mol. The Morgan fingerprint density at radius 2 is 1.88 bits per heavy atom. The highest BCUT2D eigenvalue weighted by Crippen LogP contribution is 2.26. The summed E-state index contributed by atoms with van der Waals surface area (Å²) in [6.45, 7) is 2.98. The van der Waals surface area contributed by atoms with Crippen molar-refractivity contribution in [3.63, 3.8) is 0 Å². The molecule has 1 aliphatic heterocycles. The second-order valence-corrected chi connectivity index (χ2v) is 9.78. The Morgan fingerprint density at radius 3 is 2.44 bits per heavy atom. The van der Waals surface area contributed by atoms with Crippen molar-refractivity contribution in [3.05, 3.63) is 45.0 Å². The zero-order valence-corrected chi connectivity index (χ0v) is 16.4. The van der Waals surface area contributed by atoms with Crippen LogP contribution >= 0.6 is 34.5 Å². The second-order valence-electron chi connectivity index (χ2n) is 5.56. The molecule has 10 heteroatoms. The van der Waals surface area contributed by atoms with Crippen molar-refractivity contribution in [2.24, 2.45) is 0 Å². The van der Waals surface area contributed by atoms with Crippen LogP contribution in [0.3, 0.4) is 0 Å². The Labute approximate surface area is 160 Å². The van der Waals surface area contributed by atoms with Crippen molar-refractivity contribution in [2.75, 3.05) is 26.2 Å². The van der Waals surface area contributed by atoms with E-state index < -0.39 is 10.0 Å². The molecule has 0 aliphatic carbocycles. The van der Waals surface area contributed by atoms with Crippen molar-refractivity contribution in [3.8, 4) is 0 Å². The second kappa shape index (κ2) is 7.20. The Balaban J connectivity index is 1.69. The molecule has 0 aromatic carbocycles. The van der Waals surface area contributed by atoms with Gasteiger partial charge in [-0.05, 0) is 25.1 Å². The molecular formula is C15H15Cl2N3O3S2. The quantitative estimate of drug-likeness (QED) is 0.716. The van der Waals surface area contributed by atoms with E-state index in [-0.39, 0.29) is 29.2 Å². The van der Waals surface area contributed by atoms with Crippen molar-refractivity contribution in [1.82, 2.24) is 14.2 Å². The molecule has 1 amide bonds. The fourth-order valence-electron chi connectivity index (χ4n) is 2.53. The van der Waals surface area contributed by atoms with Gasteiger partial charge in [-0.3, -0.25) is 4.79 Å². The molecular weight excluding hydrogens is 405 g/mol. The summed E-state index contributed by atoms with van der Waals surface area (Å²) in [6, 6.07) is 4.87. The third-order valence-electron chi connectivity index (χ3n) is 3.88. The molecule has 2 aromatic heterocycles. The van der Waals surface area contributed by atoms with Crippen LogP contribution < -0.4 is 0 Å². The Bertz CT molecular complexity index is 906. The Hall–Kier alpha value is -1.19. The zero-order chi connectivity index (χ0) is 18.2. The number of thiophene rings is 1. The summed E-state index contributed by atoms with van der Waals surface area (Å²) in [4.78, 5) is 18.9. The maximum Gasteiger partial charge on any atom is 0.255 e. The number of hydrogen-bond acceptors (Lipinski definition) is 5. The summed E-state index contributed by atoms with van der Waals surface area (Å²) in [6.07, 6.45) is 1.37. The van der Waals surface area contributed by atoms with Crippen LogP contribution in [-0.2, 0) is 10.0 Å². The molecule has 0 saturated carbocycles. The first-order valence-corrected chi connectivity index (χ1v) is 10.5. The van der Waals surface area contributed by atoms with Gasteiger partial charge in [-0.25, -0.2) is 13.4 Å². The van der Waals surface area contributed by atoms with Gasteiger partial charge in [-0.2, -0.15) is 4.31 Å². The predicted molar refractivity (Wildman–Crippen MR) is 98.0 cm³/mol. The van der Waals surface area contributed by atoms with Gasteiger partial charge in [0.05, 0.1) is 10.6 Å². The molecule has 0 atom stereocenters. The molecule has 0 radical (unpaired) electrons. The van der Waals surface area contributed by atoms with Crippen LogP contribution in [0, 0.1) is 6.92 Å². The number of piperazine rings is 1. The number of amides is 1. The molecule has 1 aliphatic rings. The van der Waals surface area contributed by atoms with Crippen molar-refractivity contribution >= 4 is 50.5 Å². The summed E-state index contributed by atoms with van der Waals surface area (Å²) in [5.74, 6) is -0.241. The van der Waals surface area contributed by atoms with E-state index in [1.54, 1.807) is 17.0 Å². The van der Waals surface area contributed by atoms with Crippen molar-refractivity contribution < 1.29 is 13.2 Å². The highest BCUT2D eigenvalue weighted by Gasteiger charge is 2.31. The molecule has 1 fully saturated rings. The summed E-state index contributed by atoms with van der Waals surface area (Å²) < 4.78 is 27.0. The SMILES string of the molecule is Cc1ccc(S(=O)(=O)N2CCN(C(=O)c3cnc(Cl)c(Cl)c3)CC2)s1. The van der Waals surface area contributed by atoms with E-state index >= 15 is 0 Å². The van der Waals surface area contributed by atoms with Gasteiger partial charge in [-0.1, -0.05) is 23.2 Å². The van der Waals surface area contributed by atoms with E-state index in [9.17, 15) is 13.2 Å². The first-order valence-electron chi connectivity index (χ1n) is 7.46. The van der Waals surface area contributed by atoms with E-state index in [2.05, 4.69) is 4.98 Å². The molecule has 25 heavy (non-hydrogen) atoms. The topological polar surface area (TPSA) is 70.6 Å². The zero-order valence-electron chi connectivity index (χ0n) is 13.3. The minimum Gasteiger partial charge on any atom is -0.336 e. The number of halogens is 2. The molecule has 0 spiro atoms. The summed E-state index contributed by atoms with van der Waals surface area (Å²) in [5.41, 5.74) is 0.333. The maximum atomic E-state index is 12.6. The number of aromatic nitrogens is 1. The van der Waals surface area contributed by atoms with Gasteiger partial charge in [-0.15, -0.1) is 11.3 Å². The number of rotatable bonds is 3. The van der Waals surface area contributed by atoms with Crippen LogP contribution in [0.4, 0.5) is 0 Å². The van der Waals surface area contributed by atoms with Gasteiger partial charge in [0.15, 0.2) is 0 Å². The fraction of sp³-hybridized carbons (Fsp3) is 0.333. The van der Waals surface area contributed by atoms with Gasteiger partial charge >= 0.3 is 0 Å². The van der Waals surface area contributed by atoms with Crippen LogP contribution in [0.25, 0.3) is 0 Å². The van der Waals surface area contributed by atoms with Gasteiger partial charge in [0, 0.05) is 37.3 Å². The number of carbonyl (C=O) groups is 1. The number of pyridine rings is 1. The van der Waals surface area contributed by atoms with Gasteiger partial charge in [0.1, 0.15) is 9.36 Å². The van der Waals surface area contributed by atoms with Crippen LogP contribution in [0.5, 0.6) is 0 Å². The van der Waals surface area contributed by atoms with E-state index in [0.717, 1.165) is 4.88 Å². The molecule has 3 heterocycles. The molecule has 3 rings (SSSR count). The molecule has 134 valence electrons. The van der Waals surface area contributed by atoms with Crippen LogP contribution in [0.1, 0.15) is 15.2 Å². The molecule has 0 N–H and O–H groups in total. The maximum absolute atomic E-state index is 12.6. The van der Waals surface area contributed by atoms with Crippen molar-refractivity contribution in [2.45, 2.75) is 11.1 Å². The predicted octanol–water partition coefficient (Wildman–Crippen LogP) is 2.91. The van der Waals surface area contributed by atoms with Crippen LogP contribution in [0.15, 0.2) is 28.6 Å². The molecule has 1 saturated heterocycles. The number of carbonyl (C=O) groups excluding carboxylic acids is 1. The molecule has 0 unspecified atom stereocenters. The lowest BCUT2D eigenvalue weighted by Crippen LogP contribution is -2.50. The fourth-order valence-corrected chi connectivity index (χ4v) is 5.66. The minimum atomic E-state index is -3.50. The Morgan fingerprint density at radius 1 is 1.20 bits per heavy atom. The average Bonchev–Trinajstić information content (AvgIpc) is 3.04. The standard InChI is InChI=1S/C15H15Cl2N3O3S2/c1-10-2-3-13(24-10)25(22,23)20-6-4-19(5-7-20)15(21)11-8-12(16)14(17)18-9-11/h2-3,8-9H,4-7H2,1H3. The highest BCUT2D eigenvalue weighted by molar-refractivity contribution is 7.91. The van der Waals surface area contributed by atoms with Gasteiger partial charge in [0.2, 0.25) is 0 Å². The highest BCUT2D eigenvalue weighted by atomic mass is 35.5. The van der Waals surface area contributed by atoms with Crippen LogP contribution in [0.2, 0.25) is 10.2 Å². The number of hydrogen-bond donors (Lipinski definition) is 0. The summed E-state index contributed by atoms with van der Waals surface area (Å²) >= 11 is 12.9. The van der Waals surface area contributed by atoms with Gasteiger partial charge < -0.3 is 4.90 Å². The van der Waals surface area contributed by atoms with E-state index in [1.165, 1.54) is 27.9 Å². The van der Waals surface area contributed by atoms with Crippen LogP contribution in [-0.4, -0.2) is 54.7 Å². The monoisotopic (exact) mass is 419 g/mol.